The second kappa shape index (κ2) is 9.21. The largest absolute Gasteiger partial charge is 0.466 e. The van der Waals surface area contributed by atoms with Crippen molar-refractivity contribution in [3.8, 4) is 0 Å². The predicted molar refractivity (Wildman–Crippen MR) is 141 cm³/mol. The van der Waals surface area contributed by atoms with Crippen molar-refractivity contribution in [1.82, 2.24) is 0 Å². The lowest BCUT2D eigenvalue weighted by Gasteiger charge is -2.71. The Bertz CT molecular complexity index is 1270. The van der Waals surface area contributed by atoms with Crippen LogP contribution >= 0.6 is 0 Å². The second-order valence-corrected chi connectivity index (χ2v) is 13.4. The van der Waals surface area contributed by atoms with Gasteiger partial charge < -0.3 is 24.1 Å². The van der Waals surface area contributed by atoms with Crippen molar-refractivity contribution in [1.29, 1.82) is 0 Å². The first-order valence-corrected chi connectivity index (χ1v) is 13.8. The Morgan fingerprint density at radius 2 is 1.49 bits per heavy atom. The molecule has 41 heavy (non-hydrogen) atoms. The first-order chi connectivity index (χ1) is 18.7. The second-order valence-electron chi connectivity index (χ2n) is 13.4. The van der Waals surface area contributed by atoms with Crippen LogP contribution < -0.4 is 0 Å². The SMILES string of the molecule is C=C1C[C@H]2[C@@](C)([C@@H]3C(=O)O[C@](C)(C(=O)OC)C(=O)[C@@]13C)[C@@H](OC(C)=O)[C@@H](OC(C)=O)[C@H]1C(C)(C)C(=O)C[C@@H](O)[C@@]21C. The van der Waals surface area contributed by atoms with Crippen LogP contribution in [0.25, 0.3) is 0 Å². The van der Waals surface area contributed by atoms with Crippen LogP contribution in [0.5, 0.6) is 0 Å². The van der Waals surface area contributed by atoms with Gasteiger partial charge in [-0.25, -0.2) is 4.79 Å². The Balaban J connectivity index is 2.07. The number of aliphatic hydroxyl groups excluding tert-OH is 1. The van der Waals surface area contributed by atoms with Gasteiger partial charge in [-0.05, 0) is 26.2 Å². The van der Waals surface area contributed by atoms with E-state index >= 15 is 0 Å². The Kier molecular flexibility index (Phi) is 6.93. The minimum absolute atomic E-state index is 0.0820. The number of aliphatic hydroxyl groups is 1. The molecule has 3 saturated carbocycles. The number of carbonyl (C=O) groups is 6. The summed E-state index contributed by atoms with van der Waals surface area (Å²) in [6.45, 7) is 16.1. The molecule has 4 fully saturated rings. The molecule has 0 aromatic carbocycles. The minimum Gasteiger partial charge on any atom is -0.466 e. The molecule has 0 unspecified atom stereocenters. The first kappa shape index (κ1) is 30.9. The van der Waals surface area contributed by atoms with Crippen LogP contribution in [0.4, 0.5) is 0 Å². The molecule has 11 heteroatoms. The number of hydrogen-bond acceptors (Lipinski definition) is 11. The number of allylic oxidation sites excluding steroid dienone is 1. The fourth-order valence-corrected chi connectivity index (χ4v) is 9.12. The number of esters is 4. The third-order valence-corrected chi connectivity index (χ3v) is 11.0. The summed E-state index contributed by atoms with van der Waals surface area (Å²) in [5, 5.41) is 11.6. The van der Waals surface area contributed by atoms with Crippen LogP contribution in [-0.2, 0) is 47.7 Å². The lowest BCUT2D eigenvalue weighted by Crippen LogP contribution is -2.79. The van der Waals surface area contributed by atoms with Gasteiger partial charge in [-0.3, -0.25) is 24.0 Å². The van der Waals surface area contributed by atoms with E-state index in [1.807, 2.05) is 0 Å². The molecule has 1 N–H and O–H groups in total. The van der Waals surface area contributed by atoms with Gasteiger partial charge >= 0.3 is 23.9 Å². The van der Waals surface area contributed by atoms with Crippen LogP contribution in [0.3, 0.4) is 0 Å². The van der Waals surface area contributed by atoms with Gasteiger partial charge in [0.05, 0.1) is 24.5 Å². The quantitative estimate of drug-likeness (QED) is 0.227. The smallest absolute Gasteiger partial charge is 0.358 e. The van der Waals surface area contributed by atoms with Gasteiger partial charge in [0.15, 0.2) is 5.78 Å². The van der Waals surface area contributed by atoms with E-state index < -0.39 is 93.0 Å². The normalized spacial score (nSPS) is 44.9. The van der Waals surface area contributed by atoms with Crippen molar-refractivity contribution in [2.75, 3.05) is 7.11 Å². The molecule has 11 nitrogen and oxygen atoms in total. The summed E-state index contributed by atoms with van der Waals surface area (Å²) in [4.78, 5) is 79.6. The van der Waals surface area contributed by atoms with Crippen molar-refractivity contribution in [2.24, 2.45) is 39.4 Å². The number of hydrogen-bond donors (Lipinski definition) is 1. The van der Waals surface area contributed by atoms with E-state index in [1.165, 1.54) is 27.7 Å². The summed E-state index contributed by atoms with van der Waals surface area (Å²) in [7, 11) is 1.08. The molecular formula is C30H40O11. The zero-order chi connectivity index (χ0) is 31.2. The average Bonchev–Trinajstić information content (AvgIpc) is 2.84. The summed E-state index contributed by atoms with van der Waals surface area (Å²) in [5.74, 6) is -7.34. The minimum atomic E-state index is -2.25. The van der Waals surface area contributed by atoms with Crippen LogP contribution in [-0.4, -0.2) is 71.6 Å². The fraction of sp³-hybridized carbons (Fsp3) is 0.733. The number of carbonyl (C=O) groups excluding carboxylic acids is 6. The maximum absolute atomic E-state index is 14.2. The molecule has 0 bridgehead atoms. The monoisotopic (exact) mass is 576 g/mol. The highest BCUT2D eigenvalue weighted by Gasteiger charge is 2.80. The fourth-order valence-electron chi connectivity index (χ4n) is 9.12. The van der Waals surface area contributed by atoms with Crippen LogP contribution in [0.2, 0.25) is 0 Å². The van der Waals surface area contributed by atoms with E-state index in [-0.39, 0.29) is 18.6 Å². The number of rotatable bonds is 3. The first-order valence-electron chi connectivity index (χ1n) is 13.8. The van der Waals surface area contributed by atoms with Crippen molar-refractivity contribution in [2.45, 2.75) is 92.1 Å². The third kappa shape index (κ3) is 3.73. The number of cyclic esters (lactones) is 1. The van der Waals surface area contributed by atoms with Crippen molar-refractivity contribution < 1.29 is 52.8 Å². The van der Waals surface area contributed by atoms with Crippen molar-refractivity contribution in [3.63, 3.8) is 0 Å². The maximum Gasteiger partial charge on any atom is 0.358 e. The van der Waals surface area contributed by atoms with Gasteiger partial charge in [0.2, 0.25) is 0 Å². The van der Waals surface area contributed by atoms with E-state index in [0.29, 0.717) is 5.57 Å². The van der Waals surface area contributed by atoms with Crippen molar-refractivity contribution >= 4 is 35.4 Å². The Morgan fingerprint density at radius 1 is 0.927 bits per heavy atom. The molecule has 10 atom stereocenters. The van der Waals surface area contributed by atoms with Crippen molar-refractivity contribution in [3.05, 3.63) is 12.2 Å². The van der Waals surface area contributed by atoms with Gasteiger partial charge in [-0.1, -0.05) is 39.8 Å². The third-order valence-electron chi connectivity index (χ3n) is 11.0. The maximum atomic E-state index is 14.2. The summed E-state index contributed by atoms with van der Waals surface area (Å²) in [5.41, 5.74) is -7.42. The molecule has 1 aliphatic heterocycles. The number of methoxy groups -OCH3 is 1. The van der Waals surface area contributed by atoms with Gasteiger partial charge in [-0.2, -0.15) is 0 Å². The average molecular weight is 577 g/mol. The number of fused-ring (bicyclic) bond motifs is 5. The van der Waals surface area contributed by atoms with E-state index in [9.17, 15) is 33.9 Å². The summed E-state index contributed by atoms with van der Waals surface area (Å²) < 4.78 is 22.2. The molecule has 0 aromatic heterocycles. The standard InChI is InChI=1S/C30H40O11/c1-13-11-16-28(7)18(34)12-17(33)26(4,5)20(28)19(39-14(2)31)22(40-15(3)32)29(16,8)21-23(35)41-30(9,25(37)38-10)24(36)27(13,21)6/h16,18-22,34H,1,11-12H2,2-10H3/t16-,18-,19+,20+,21-,22+,27+,28-,29+,30+/m1/s1. The zero-order valence-electron chi connectivity index (χ0n) is 25.1. The highest BCUT2D eigenvalue weighted by atomic mass is 16.6. The highest BCUT2D eigenvalue weighted by Crippen LogP contribution is 2.73. The van der Waals surface area contributed by atoms with Gasteiger partial charge in [-0.15, -0.1) is 0 Å². The molecule has 0 amide bonds. The number of ether oxygens (including phenoxy) is 4. The number of Topliss-reactive ketones (excluding diaryl/α,β-unsaturated/α-hetero) is 2. The highest BCUT2D eigenvalue weighted by molar-refractivity contribution is 6.15. The molecule has 3 aliphatic carbocycles. The molecule has 0 spiro atoms. The van der Waals surface area contributed by atoms with Crippen LogP contribution in [0.15, 0.2) is 12.2 Å². The molecule has 0 radical (unpaired) electrons. The molecular weight excluding hydrogens is 536 g/mol. The Hall–Kier alpha value is -3.08. The van der Waals surface area contributed by atoms with E-state index in [1.54, 1.807) is 27.7 Å². The molecule has 226 valence electrons. The molecule has 4 aliphatic rings. The molecule has 1 saturated heterocycles. The van der Waals surface area contributed by atoms with Crippen LogP contribution in [0, 0.1) is 39.4 Å². The molecule has 1 heterocycles. The molecule has 0 aromatic rings. The van der Waals surface area contributed by atoms with E-state index in [2.05, 4.69) is 6.58 Å². The van der Waals surface area contributed by atoms with Crippen LogP contribution in [0.1, 0.15) is 68.2 Å². The Labute approximate surface area is 239 Å². The lowest BCUT2D eigenvalue weighted by molar-refractivity contribution is -0.295. The van der Waals surface area contributed by atoms with Gasteiger partial charge in [0.1, 0.15) is 18.0 Å². The van der Waals surface area contributed by atoms with Gasteiger partial charge in [0.25, 0.3) is 5.60 Å². The lowest BCUT2D eigenvalue weighted by atomic mass is 9.33. The predicted octanol–water partition coefficient (Wildman–Crippen LogP) is 2.11. The molecule has 4 rings (SSSR count). The topological polar surface area (TPSA) is 160 Å². The van der Waals surface area contributed by atoms with E-state index in [0.717, 1.165) is 7.11 Å². The van der Waals surface area contributed by atoms with Gasteiger partial charge in [0, 0.05) is 42.4 Å². The summed E-state index contributed by atoms with van der Waals surface area (Å²) >= 11 is 0. The van der Waals surface area contributed by atoms with E-state index in [4.69, 9.17) is 18.9 Å². The number of ketones is 2. The Morgan fingerprint density at radius 3 is 2.00 bits per heavy atom. The summed E-state index contributed by atoms with van der Waals surface area (Å²) in [6, 6.07) is 0. The zero-order valence-corrected chi connectivity index (χ0v) is 25.1. The summed E-state index contributed by atoms with van der Waals surface area (Å²) in [6.07, 6.45) is -3.93.